The number of benzene rings is 2. The first-order valence-electron chi connectivity index (χ1n) is 16.6. The van der Waals surface area contributed by atoms with Crippen molar-refractivity contribution in [3.63, 3.8) is 0 Å². The van der Waals surface area contributed by atoms with Crippen molar-refractivity contribution in [2.24, 2.45) is 0 Å². The van der Waals surface area contributed by atoms with Crippen LogP contribution in [0.3, 0.4) is 0 Å². The van der Waals surface area contributed by atoms with Crippen molar-refractivity contribution < 1.29 is 9.47 Å². The van der Waals surface area contributed by atoms with E-state index in [2.05, 4.69) is 137 Å². The van der Waals surface area contributed by atoms with E-state index in [0.717, 1.165) is 84.9 Å². The lowest BCUT2D eigenvalue weighted by molar-refractivity contribution is 0.109. The monoisotopic (exact) mass is 724 g/mol. The molecule has 6 heterocycles. The predicted molar refractivity (Wildman–Crippen MR) is 206 cm³/mol. The van der Waals surface area contributed by atoms with Crippen LogP contribution in [-0.4, -0.2) is 101 Å². The standard InChI is InChI=1S/C19H22N4O.C15H14BrN3.C4H9NO/c1-22(2)16-5-3-14(4-6-16)15-11-17-18(13-21-19(17)20-12-15)23-7-9-24-10-8-23;1-19(2)12-5-3-10(4-6-12)11-7-13-14(16)9-18-15(13)17-8-11;1-3-6-4-2-5-1/h3-6,11-13H,7-10H2,1-2H3,(H,20,21);3-9H,1-2H3,(H,17,18);5H,1-4H2. The summed E-state index contributed by atoms with van der Waals surface area (Å²) in [5, 5.41) is 5.44. The lowest BCUT2D eigenvalue weighted by Crippen LogP contribution is -2.36. The number of halogens is 1. The van der Waals surface area contributed by atoms with Crippen LogP contribution in [0.4, 0.5) is 17.1 Å². The molecule has 0 spiro atoms. The first kappa shape index (κ1) is 34.4. The predicted octanol–water partition coefficient (Wildman–Crippen LogP) is 6.80. The average Bonchev–Trinajstić information content (AvgIpc) is 3.76. The highest BCUT2D eigenvalue weighted by Crippen LogP contribution is 2.31. The Kier molecular flexibility index (Phi) is 11.5. The molecule has 2 aromatic carbocycles. The number of H-pyrrole nitrogens is 2. The fourth-order valence-corrected chi connectivity index (χ4v) is 6.18. The minimum Gasteiger partial charge on any atom is -0.379 e. The van der Waals surface area contributed by atoms with E-state index in [1.807, 2.05) is 32.7 Å². The van der Waals surface area contributed by atoms with Crippen LogP contribution in [0.15, 0.2) is 89.9 Å². The number of hydrogen-bond acceptors (Lipinski definition) is 8. The minimum atomic E-state index is 0.784. The number of fused-ring (bicyclic) bond motifs is 2. The zero-order valence-corrected chi connectivity index (χ0v) is 30.3. The summed E-state index contributed by atoms with van der Waals surface area (Å²) in [6.07, 6.45) is 7.81. The molecular formula is C38H45BrN8O2. The van der Waals surface area contributed by atoms with Gasteiger partial charge in [-0.05, 0) is 63.5 Å². The molecule has 2 aliphatic heterocycles. The first-order chi connectivity index (χ1) is 23.9. The highest BCUT2D eigenvalue weighted by atomic mass is 79.9. The molecule has 0 aliphatic carbocycles. The van der Waals surface area contributed by atoms with E-state index < -0.39 is 0 Å². The third-order valence-corrected chi connectivity index (χ3v) is 9.28. The highest BCUT2D eigenvalue weighted by Gasteiger charge is 2.16. The summed E-state index contributed by atoms with van der Waals surface area (Å²) < 4.78 is 11.5. The van der Waals surface area contributed by atoms with Crippen LogP contribution in [0.5, 0.6) is 0 Å². The lowest BCUT2D eigenvalue weighted by atomic mass is 10.1. The van der Waals surface area contributed by atoms with Gasteiger partial charge in [0.05, 0.1) is 32.1 Å². The van der Waals surface area contributed by atoms with Crippen molar-refractivity contribution >= 4 is 55.1 Å². The van der Waals surface area contributed by atoms with Crippen LogP contribution in [0.2, 0.25) is 0 Å². The molecule has 0 radical (unpaired) electrons. The number of morpholine rings is 2. The van der Waals surface area contributed by atoms with Gasteiger partial charge in [0.25, 0.3) is 0 Å². The minimum absolute atomic E-state index is 0.784. The number of aromatic amines is 2. The van der Waals surface area contributed by atoms with Gasteiger partial charge >= 0.3 is 0 Å². The molecule has 3 N–H and O–H groups in total. The van der Waals surface area contributed by atoms with E-state index in [1.165, 1.54) is 33.6 Å². The number of rotatable bonds is 5. The Balaban J connectivity index is 0.000000148. The summed E-state index contributed by atoms with van der Waals surface area (Å²) >= 11 is 3.53. The molecular weight excluding hydrogens is 680 g/mol. The second-order valence-corrected chi connectivity index (χ2v) is 13.2. The van der Waals surface area contributed by atoms with Gasteiger partial charge in [-0.1, -0.05) is 24.3 Å². The molecule has 6 aromatic rings. The molecule has 0 atom stereocenters. The molecule has 0 saturated carbocycles. The van der Waals surface area contributed by atoms with E-state index in [9.17, 15) is 0 Å². The maximum Gasteiger partial charge on any atom is 0.139 e. The zero-order chi connectivity index (χ0) is 34.2. The van der Waals surface area contributed by atoms with E-state index in [0.29, 0.717) is 0 Å². The fraction of sp³-hybridized carbons (Fsp3) is 0.316. The number of anilines is 3. The van der Waals surface area contributed by atoms with Crippen LogP contribution in [0.25, 0.3) is 44.3 Å². The maximum atomic E-state index is 5.46. The molecule has 0 unspecified atom stereocenters. The maximum absolute atomic E-state index is 5.46. The molecule has 10 nitrogen and oxygen atoms in total. The highest BCUT2D eigenvalue weighted by molar-refractivity contribution is 9.10. The Morgan fingerprint density at radius 1 is 0.633 bits per heavy atom. The van der Waals surface area contributed by atoms with Crippen molar-refractivity contribution in [2.45, 2.75) is 0 Å². The molecule has 2 fully saturated rings. The topological polar surface area (TPSA) is 97.6 Å². The van der Waals surface area contributed by atoms with Crippen LogP contribution >= 0.6 is 15.9 Å². The normalized spacial score (nSPS) is 14.5. The van der Waals surface area contributed by atoms with Crippen molar-refractivity contribution in [1.29, 1.82) is 0 Å². The van der Waals surface area contributed by atoms with Gasteiger partial charge in [-0.15, -0.1) is 0 Å². The van der Waals surface area contributed by atoms with Gasteiger partial charge in [0.15, 0.2) is 0 Å². The van der Waals surface area contributed by atoms with E-state index >= 15 is 0 Å². The summed E-state index contributed by atoms with van der Waals surface area (Å²) in [6.45, 7) is 7.25. The molecule has 8 rings (SSSR count). The molecule has 2 saturated heterocycles. The summed E-state index contributed by atoms with van der Waals surface area (Å²) in [6, 6.07) is 21.4. The smallest absolute Gasteiger partial charge is 0.139 e. The van der Waals surface area contributed by atoms with Crippen molar-refractivity contribution in [1.82, 2.24) is 25.3 Å². The van der Waals surface area contributed by atoms with Crippen molar-refractivity contribution in [3.8, 4) is 22.3 Å². The Hall–Kier alpha value is -4.42. The van der Waals surface area contributed by atoms with Crippen LogP contribution in [0, 0.1) is 0 Å². The van der Waals surface area contributed by atoms with Gasteiger partial charge in [0.2, 0.25) is 0 Å². The second kappa shape index (κ2) is 16.3. The van der Waals surface area contributed by atoms with Crippen molar-refractivity contribution in [2.75, 3.05) is 95.5 Å². The summed E-state index contributed by atoms with van der Waals surface area (Å²) in [7, 11) is 8.19. The van der Waals surface area contributed by atoms with E-state index in [1.54, 1.807) is 0 Å². The summed E-state index contributed by atoms with van der Waals surface area (Å²) in [5.41, 5.74) is 10.1. The molecule has 4 aromatic heterocycles. The second-order valence-electron chi connectivity index (χ2n) is 12.4. The Bertz CT molecular complexity index is 1910. The third kappa shape index (κ3) is 8.60. The third-order valence-electron chi connectivity index (χ3n) is 8.62. The molecule has 11 heteroatoms. The molecule has 49 heavy (non-hydrogen) atoms. The number of pyridine rings is 2. The summed E-state index contributed by atoms with van der Waals surface area (Å²) in [5.74, 6) is 0. The molecule has 2 aliphatic rings. The van der Waals surface area contributed by atoms with Crippen LogP contribution in [-0.2, 0) is 9.47 Å². The average molecular weight is 726 g/mol. The molecule has 256 valence electrons. The number of ether oxygens (including phenoxy) is 2. The number of nitrogens with zero attached hydrogens (tertiary/aromatic N) is 5. The van der Waals surface area contributed by atoms with Gasteiger partial charge in [0, 0.05) is 117 Å². The largest absolute Gasteiger partial charge is 0.379 e. The van der Waals surface area contributed by atoms with E-state index in [-0.39, 0.29) is 0 Å². The van der Waals surface area contributed by atoms with Crippen molar-refractivity contribution in [3.05, 3.63) is 89.9 Å². The number of hydrogen-bond donors (Lipinski definition) is 3. The zero-order valence-electron chi connectivity index (χ0n) is 28.7. The fourth-order valence-electron chi connectivity index (χ4n) is 5.76. The molecule has 0 bridgehead atoms. The van der Waals surface area contributed by atoms with Crippen LogP contribution < -0.4 is 20.0 Å². The van der Waals surface area contributed by atoms with Gasteiger partial charge in [-0.2, -0.15) is 0 Å². The first-order valence-corrected chi connectivity index (χ1v) is 17.4. The van der Waals surface area contributed by atoms with E-state index in [4.69, 9.17) is 9.47 Å². The lowest BCUT2D eigenvalue weighted by Gasteiger charge is -2.28. The Labute approximate surface area is 296 Å². The Morgan fingerprint density at radius 2 is 1.12 bits per heavy atom. The molecule has 0 amide bonds. The SMILES string of the molecule is C1COCCN1.CN(C)c1ccc(-c2cnc3[nH]cc(Br)c3c2)cc1.CN(C)c1ccc(-c2cnc3[nH]cc(N4CCOCC4)c3c2)cc1. The quantitative estimate of drug-likeness (QED) is 0.179. The van der Waals surface area contributed by atoms with Gasteiger partial charge < -0.3 is 39.5 Å². The van der Waals surface area contributed by atoms with Gasteiger partial charge in [-0.3, -0.25) is 0 Å². The number of nitrogens with one attached hydrogen (secondary N) is 3. The summed E-state index contributed by atoms with van der Waals surface area (Å²) in [4.78, 5) is 22.0. The Morgan fingerprint density at radius 3 is 1.61 bits per heavy atom. The van der Waals surface area contributed by atoms with Gasteiger partial charge in [0.1, 0.15) is 11.3 Å². The number of aromatic nitrogens is 4. The van der Waals surface area contributed by atoms with Gasteiger partial charge in [-0.25, -0.2) is 9.97 Å². The van der Waals surface area contributed by atoms with Crippen LogP contribution in [0.1, 0.15) is 0 Å².